The molecule has 1 heterocycles. The second-order valence-corrected chi connectivity index (χ2v) is 5.12. The van der Waals surface area contributed by atoms with Crippen LogP contribution in [-0.2, 0) is 0 Å². The van der Waals surface area contributed by atoms with Crippen molar-refractivity contribution in [1.29, 1.82) is 0 Å². The highest BCUT2D eigenvalue weighted by atomic mass is 15.3. The van der Waals surface area contributed by atoms with Crippen LogP contribution in [0.25, 0.3) is 0 Å². The molecule has 1 aromatic carbocycles. The van der Waals surface area contributed by atoms with Crippen LogP contribution in [0.2, 0.25) is 0 Å². The minimum absolute atomic E-state index is 0.464. The summed E-state index contributed by atoms with van der Waals surface area (Å²) in [6.07, 6.45) is 0. The Morgan fingerprint density at radius 1 is 1.29 bits per heavy atom. The zero-order valence-electron chi connectivity index (χ0n) is 11.1. The van der Waals surface area contributed by atoms with Gasteiger partial charge in [-0.05, 0) is 32.5 Å². The second-order valence-electron chi connectivity index (χ2n) is 5.12. The summed E-state index contributed by atoms with van der Waals surface area (Å²) in [7, 11) is 2.17. The van der Waals surface area contributed by atoms with E-state index in [9.17, 15) is 0 Å². The third-order valence-electron chi connectivity index (χ3n) is 3.81. The summed E-state index contributed by atoms with van der Waals surface area (Å²) in [5.74, 6) is 0. The van der Waals surface area contributed by atoms with Gasteiger partial charge in [-0.15, -0.1) is 0 Å². The second kappa shape index (κ2) is 5.07. The Hall–Kier alpha value is -1.06. The molecule has 94 valence electrons. The van der Waals surface area contributed by atoms with Crippen LogP contribution in [0.15, 0.2) is 24.3 Å². The van der Waals surface area contributed by atoms with Gasteiger partial charge in [0.05, 0.1) is 0 Å². The van der Waals surface area contributed by atoms with Crippen molar-refractivity contribution in [3.63, 3.8) is 0 Å². The maximum Gasteiger partial charge on any atom is 0.0399 e. The van der Waals surface area contributed by atoms with E-state index < -0.39 is 0 Å². The molecule has 1 saturated heterocycles. The van der Waals surface area contributed by atoms with Crippen LogP contribution >= 0.6 is 0 Å². The molecule has 0 spiro atoms. The molecule has 0 bridgehead atoms. The van der Waals surface area contributed by atoms with Crippen LogP contribution in [0.1, 0.15) is 12.5 Å². The van der Waals surface area contributed by atoms with Crippen LogP contribution in [-0.4, -0.2) is 43.7 Å². The predicted octanol–water partition coefficient (Wildman–Crippen LogP) is 1.46. The van der Waals surface area contributed by atoms with Crippen molar-refractivity contribution >= 4 is 5.69 Å². The number of likely N-dealkylation sites (N-methyl/N-ethyl adjacent to an activating group) is 1. The zero-order chi connectivity index (χ0) is 12.4. The Kier molecular flexibility index (Phi) is 3.69. The lowest BCUT2D eigenvalue weighted by molar-refractivity contribution is 0.197. The number of nitrogens with two attached hydrogens (primary N) is 1. The Bertz CT molecular complexity index is 377. The number of para-hydroxylation sites is 1. The van der Waals surface area contributed by atoms with Gasteiger partial charge in [-0.3, -0.25) is 4.90 Å². The fraction of sp³-hybridized carbons (Fsp3) is 0.571. The van der Waals surface area contributed by atoms with Gasteiger partial charge in [-0.1, -0.05) is 18.2 Å². The Morgan fingerprint density at radius 3 is 2.65 bits per heavy atom. The van der Waals surface area contributed by atoms with E-state index in [4.69, 9.17) is 5.73 Å². The highest BCUT2D eigenvalue weighted by Gasteiger charge is 2.28. The third-order valence-corrected chi connectivity index (χ3v) is 3.81. The highest BCUT2D eigenvalue weighted by Crippen LogP contribution is 2.25. The lowest BCUT2D eigenvalue weighted by atomic mass is 10.0. The normalized spacial score (nSPS) is 26.2. The first-order valence-electron chi connectivity index (χ1n) is 6.36. The first-order chi connectivity index (χ1) is 8.13. The fourth-order valence-electron chi connectivity index (χ4n) is 2.69. The monoisotopic (exact) mass is 233 g/mol. The van der Waals surface area contributed by atoms with Gasteiger partial charge in [-0.2, -0.15) is 0 Å². The fourth-order valence-corrected chi connectivity index (χ4v) is 2.69. The number of nitrogens with zero attached hydrogens (tertiary/aromatic N) is 2. The number of piperazine rings is 1. The van der Waals surface area contributed by atoms with E-state index in [1.165, 1.54) is 11.3 Å². The van der Waals surface area contributed by atoms with E-state index >= 15 is 0 Å². The van der Waals surface area contributed by atoms with E-state index in [1.54, 1.807) is 0 Å². The van der Waals surface area contributed by atoms with E-state index in [0.29, 0.717) is 12.1 Å². The molecule has 1 aliphatic rings. The standard InChI is InChI=1S/C14H23N3/c1-11-6-4-5-7-14(11)17-10-13(8-15)16(3)9-12(17)2/h4-7,12-13H,8-10,15H2,1-3H3. The molecule has 2 unspecified atom stereocenters. The van der Waals surface area contributed by atoms with Crippen molar-refractivity contribution < 1.29 is 0 Å². The number of rotatable bonds is 2. The average Bonchev–Trinajstić information content (AvgIpc) is 2.31. The third kappa shape index (κ3) is 2.45. The summed E-state index contributed by atoms with van der Waals surface area (Å²) in [6.45, 7) is 7.30. The number of anilines is 1. The summed E-state index contributed by atoms with van der Waals surface area (Å²) in [4.78, 5) is 4.87. The molecule has 0 radical (unpaired) electrons. The summed E-state index contributed by atoms with van der Waals surface area (Å²) in [5.41, 5.74) is 8.55. The van der Waals surface area contributed by atoms with E-state index in [0.717, 1.165) is 19.6 Å². The number of aryl methyl sites for hydroxylation is 1. The molecule has 2 N–H and O–H groups in total. The molecule has 0 aliphatic carbocycles. The van der Waals surface area contributed by atoms with E-state index in [2.05, 4.69) is 55.0 Å². The zero-order valence-corrected chi connectivity index (χ0v) is 11.1. The average molecular weight is 233 g/mol. The number of benzene rings is 1. The van der Waals surface area contributed by atoms with Crippen LogP contribution in [0, 0.1) is 6.92 Å². The van der Waals surface area contributed by atoms with Crippen molar-refractivity contribution in [1.82, 2.24) is 4.90 Å². The minimum atomic E-state index is 0.464. The van der Waals surface area contributed by atoms with Crippen molar-refractivity contribution in [3.05, 3.63) is 29.8 Å². The summed E-state index contributed by atoms with van der Waals surface area (Å²) >= 11 is 0. The summed E-state index contributed by atoms with van der Waals surface area (Å²) in [5, 5.41) is 0. The van der Waals surface area contributed by atoms with Crippen molar-refractivity contribution in [2.75, 3.05) is 31.6 Å². The van der Waals surface area contributed by atoms with Gasteiger partial charge in [0.2, 0.25) is 0 Å². The summed E-state index contributed by atoms with van der Waals surface area (Å²) < 4.78 is 0. The molecule has 2 rings (SSSR count). The maximum absolute atomic E-state index is 5.85. The highest BCUT2D eigenvalue weighted by molar-refractivity contribution is 5.54. The van der Waals surface area contributed by atoms with Gasteiger partial charge in [0.1, 0.15) is 0 Å². The van der Waals surface area contributed by atoms with Crippen LogP contribution in [0.3, 0.4) is 0 Å². The molecule has 1 fully saturated rings. The van der Waals surface area contributed by atoms with E-state index in [-0.39, 0.29) is 0 Å². The van der Waals surface area contributed by atoms with E-state index in [1.807, 2.05) is 0 Å². The van der Waals surface area contributed by atoms with Crippen LogP contribution < -0.4 is 10.6 Å². The van der Waals surface area contributed by atoms with Crippen molar-refractivity contribution in [3.8, 4) is 0 Å². The molecule has 0 amide bonds. The Morgan fingerprint density at radius 2 is 2.00 bits per heavy atom. The largest absolute Gasteiger partial charge is 0.366 e. The van der Waals surface area contributed by atoms with Crippen molar-refractivity contribution in [2.24, 2.45) is 5.73 Å². The molecule has 2 atom stereocenters. The molecular formula is C14H23N3. The molecule has 0 aromatic heterocycles. The molecule has 17 heavy (non-hydrogen) atoms. The topological polar surface area (TPSA) is 32.5 Å². The molecule has 0 saturated carbocycles. The molecule has 3 heteroatoms. The lowest BCUT2D eigenvalue weighted by Crippen LogP contribution is -2.58. The Balaban J connectivity index is 2.23. The number of hydrogen-bond donors (Lipinski definition) is 1. The molecular weight excluding hydrogens is 210 g/mol. The van der Waals surface area contributed by atoms with Crippen molar-refractivity contribution in [2.45, 2.75) is 25.9 Å². The SMILES string of the molecule is Cc1ccccc1N1CC(CN)N(C)CC1C. The van der Waals surface area contributed by atoms with Gasteiger partial charge in [0.25, 0.3) is 0 Å². The van der Waals surface area contributed by atoms with Gasteiger partial charge >= 0.3 is 0 Å². The minimum Gasteiger partial charge on any atom is -0.366 e. The van der Waals surface area contributed by atoms with Crippen LogP contribution in [0.5, 0.6) is 0 Å². The van der Waals surface area contributed by atoms with Gasteiger partial charge in [-0.25, -0.2) is 0 Å². The van der Waals surface area contributed by atoms with Gasteiger partial charge in [0.15, 0.2) is 0 Å². The first kappa shape index (κ1) is 12.4. The predicted molar refractivity (Wildman–Crippen MR) is 73.5 cm³/mol. The smallest absolute Gasteiger partial charge is 0.0399 e. The molecule has 1 aliphatic heterocycles. The lowest BCUT2D eigenvalue weighted by Gasteiger charge is -2.45. The van der Waals surface area contributed by atoms with Gasteiger partial charge < -0.3 is 10.6 Å². The first-order valence-corrected chi connectivity index (χ1v) is 6.36. The number of hydrogen-bond acceptors (Lipinski definition) is 3. The maximum atomic E-state index is 5.85. The summed E-state index contributed by atoms with van der Waals surface area (Å²) in [6, 6.07) is 9.61. The Labute approximate surface area is 104 Å². The van der Waals surface area contributed by atoms with Crippen LogP contribution in [0.4, 0.5) is 5.69 Å². The molecule has 3 nitrogen and oxygen atoms in total. The molecule has 1 aromatic rings. The quantitative estimate of drug-likeness (QED) is 0.839. The van der Waals surface area contributed by atoms with Gasteiger partial charge in [0, 0.05) is 37.4 Å².